The summed E-state index contributed by atoms with van der Waals surface area (Å²) in [5.41, 5.74) is 2.15. The van der Waals surface area contributed by atoms with Gasteiger partial charge in [-0.25, -0.2) is 0 Å². The summed E-state index contributed by atoms with van der Waals surface area (Å²) in [6, 6.07) is 15.8. The lowest BCUT2D eigenvalue weighted by molar-refractivity contribution is -0.183. The largest absolute Gasteiger partial charge is 0.490 e. The van der Waals surface area contributed by atoms with Gasteiger partial charge in [-0.1, -0.05) is 30.3 Å². The van der Waals surface area contributed by atoms with Gasteiger partial charge in [0.25, 0.3) is 0 Å². The molecule has 1 fully saturated rings. The summed E-state index contributed by atoms with van der Waals surface area (Å²) >= 11 is 0. The Bertz CT molecular complexity index is 603. The van der Waals surface area contributed by atoms with E-state index < -0.39 is 0 Å². The Hall–Kier alpha value is -2.04. The summed E-state index contributed by atoms with van der Waals surface area (Å²) in [6.07, 6.45) is 0.709. The van der Waals surface area contributed by atoms with Crippen molar-refractivity contribution in [3.63, 3.8) is 0 Å². The van der Waals surface area contributed by atoms with Crippen molar-refractivity contribution in [2.24, 2.45) is 0 Å². The minimum absolute atomic E-state index is 0.248. The normalized spacial score (nSPS) is 15.3. The molecule has 0 radical (unpaired) electrons. The monoisotopic (exact) mass is 314 g/mol. The Morgan fingerprint density at radius 1 is 0.913 bits per heavy atom. The van der Waals surface area contributed by atoms with E-state index in [2.05, 4.69) is 0 Å². The molecule has 0 N–H and O–H groups in total. The summed E-state index contributed by atoms with van der Waals surface area (Å²) in [4.78, 5) is 0. The highest BCUT2D eigenvalue weighted by Gasteiger charge is 2.16. The zero-order chi connectivity index (χ0) is 15.9. The van der Waals surface area contributed by atoms with Crippen LogP contribution in [0.4, 0.5) is 0 Å². The molecular weight excluding hydrogens is 292 g/mol. The molecule has 1 aliphatic rings. The Labute approximate surface area is 136 Å². The molecule has 3 rings (SSSR count). The number of benzene rings is 2. The van der Waals surface area contributed by atoms with E-state index in [4.69, 9.17) is 18.9 Å². The van der Waals surface area contributed by atoms with Crippen LogP contribution in [0.2, 0.25) is 0 Å². The molecule has 0 spiro atoms. The first-order valence-electron chi connectivity index (χ1n) is 7.97. The van der Waals surface area contributed by atoms with Crippen LogP contribution >= 0.6 is 0 Å². The van der Waals surface area contributed by atoms with Crippen molar-refractivity contribution in [2.45, 2.75) is 19.6 Å². The third-order valence-electron chi connectivity index (χ3n) is 3.68. The Kier molecular flexibility index (Phi) is 5.51. The second-order valence-electron chi connectivity index (χ2n) is 5.46. The lowest BCUT2D eigenvalue weighted by Crippen LogP contribution is -2.17. The van der Waals surface area contributed by atoms with Crippen molar-refractivity contribution >= 4 is 0 Å². The summed E-state index contributed by atoms with van der Waals surface area (Å²) in [6.45, 7) is 4.55. The standard InChI is InChI=1S/C19H22O4/c1-15-5-2-3-6-18(15)21-14-13-20-17-9-7-16(8-10-17)19-22-11-4-12-23-19/h2-3,5-10,19H,4,11-14H2,1H3. The number of ether oxygens (including phenoxy) is 4. The molecule has 122 valence electrons. The van der Waals surface area contributed by atoms with Crippen LogP contribution in [0.1, 0.15) is 23.8 Å². The first kappa shape index (κ1) is 15.8. The van der Waals surface area contributed by atoms with Gasteiger partial charge in [0.05, 0.1) is 13.2 Å². The van der Waals surface area contributed by atoms with Crippen LogP contribution in [0, 0.1) is 6.92 Å². The number of aryl methyl sites for hydroxylation is 1. The van der Waals surface area contributed by atoms with Crippen molar-refractivity contribution in [1.82, 2.24) is 0 Å². The van der Waals surface area contributed by atoms with Gasteiger partial charge in [-0.05, 0) is 37.1 Å². The van der Waals surface area contributed by atoms with Crippen molar-refractivity contribution in [1.29, 1.82) is 0 Å². The fraction of sp³-hybridized carbons (Fsp3) is 0.368. The molecule has 0 unspecified atom stereocenters. The molecule has 23 heavy (non-hydrogen) atoms. The first-order chi connectivity index (χ1) is 11.3. The molecule has 0 aliphatic carbocycles. The average Bonchev–Trinajstić information content (AvgIpc) is 2.61. The van der Waals surface area contributed by atoms with Crippen LogP contribution in [0.5, 0.6) is 11.5 Å². The third-order valence-corrected chi connectivity index (χ3v) is 3.68. The Morgan fingerprint density at radius 3 is 2.35 bits per heavy atom. The molecule has 0 aromatic heterocycles. The van der Waals surface area contributed by atoms with E-state index in [1.807, 2.05) is 55.5 Å². The van der Waals surface area contributed by atoms with E-state index in [9.17, 15) is 0 Å². The van der Waals surface area contributed by atoms with Gasteiger partial charge in [0.1, 0.15) is 24.7 Å². The molecule has 0 saturated carbocycles. The van der Waals surface area contributed by atoms with Crippen molar-refractivity contribution < 1.29 is 18.9 Å². The summed E-state index contributed by atoms with van der Waals surface area (Å²) in [7, 11) is 0. The number of hydrogen-bond acceptors (Lipinski definition) is 4. The van der Waals surface area contributed by atoms with Crippen molar-refractivity contribution in [2.75, 3.05) is 26.4 Å². The summed E-state index contributed by atoms with van der Waals surface area (Å²) in [5.74, 6) is 1.72. The number of hydrogen-bond donors (Lipinski definition) is 0. The van der Waals surface area contributed by atoms with Gasteiger partial charge in [-0.15, -0.1) is 0 Å². The highest BCUT2D eigenvalue weighted by atomic mass is 16.7. The zero-order valence-corrected chi connectivity index (χ0v) is 13.4. The van der Waals surface area contributed by atoms with Crippen LogP contribution in [0.25, 0.3) is 0 Å². The molecule has 2 aromatic rings. The minimum Gasteiger partial charge on any atom is -0.490 e. The number of para-hydroxylation sites is 1. The minimum atomic E-state index is -0.248. The highest BCUT2D eigenvalue weighted by molar-refractivity contribution is 5.31. The van der Waals surface area contributed by atoms with Crippen LogP contribution in [-0.2, 0) is 9.47 Å². The molecule has 1 heterocycles. The van der Waals surface area contributed by atoms with E-state index in [-0.39, 0.29) is 6.29 Å². The summed E-state index contributed by atoms with van der Waals surface area (Å²) < 4.78 is 22.6. The van der Waals surface area contributed by atoms with Crippen molar-refractivity contribution in [3.8, 4) is 11.5 Å². The fourth-order valence-electron chi connectivity index (χ4n) is 2.43. The summed E-state index contributed by atoms with van der Waals surface area (Å²) in [5, 5.41) is 0. The van der Waals surface area contributed by atoms with E-state index in [0.29, 0.717) is 13.2 Å². The predicted molar refractivity (Wildman–Crippen MR) is 87.9 cm³/mol. The predicted octanol–water partition coefficient (Wildman–Crippen LogP) is 3.89. The quantitative estimate of drug-likeness (QED) is 0.758. The zero-order valence-electron chi connectivity index (χ0n) is 13.4. The fourth-order valence-corrected chi connectivity index (χ4v) is 2.43. The van der Waals surface area contributed by atoms with E-state index in [0.717, 1.165) is 42.3 Å². The molecule has 0 bridgehead atoms. The molecule has 1 aliphatic heterocycles. The molecule has 2 aromatic carbocycles. The number of rotatable bonds is 6. The molecule has 1 saturated heterocycles. The van der Waals surface area contributed by atoms with Gasteiger partial charge in [0.2, 0.25) is 0 Å². The van der Waals surface area contributed by atoms with Crippen molar-refractivity contribution in [3.05, 3.63) is 59.7 Å². The maximum Gasteiger partial charge on any atom is 0.183 e. The van der Waals surface area contributed by atoms with Gasteiger partial charge >= 0.3 is 0 Å². The first-order valence-corrected chi connectivity index (χ1v) is 7.97. The van der Waals surface area contributed by atoms with E-state index in [1.165, 1.54) is 0 Å². The van der Waals surface area contributed by atoms with Gasteiger partial charge in [-0.2, -0.15) is 0 Å². The smallest absolute Gasteiger partial charge is 0.183 e. The highest BCUT2D eigenvalue weighted by Crippen LogP contribution is 2.24. The van der Waals surface area contributed by atoms with Gasteiger partial charge in [-0.3, -0.25) is 0 Å². The van der Waals surface area contributed by atoms with Crippen LogP contribution < -0.4 is 9.47 Å². The van der Waals surface area contributed by atoms with Gasteiger partial charge < -0.3 is 18.9 Å². The van der Waals surface area contributed by atoms with E-state index >= 15 is 0 Å². The maximum absolute atomic E-state index is 5.71. The molecular formula is C19H22O4. The van der Waals surface area contributed by atoms with Gasteiger partial charge in [0, 0.05) is 5.56 Å². The lowest BCUT2D eigenvalue weighted by Gasteiger charge is -2.23. The van der Waals surface area contributed by atoms with Crippen LogP contribution in [-0.4, -0.2) is 26.4 Å². The van der Waals surface area contributed by atoms with Crippen LogP contribution in [0.3, 0.4) is 0 Å². The maximum atomic E-state index is 5.71. The third kappa shape index (κ3) is 4.47. The lowest BCUT2D eigenvalue weighted by atomic mass is 10.2. The molecule has 0 atom stereocenters. The average molecular weight is 314 g/mol. The Morgan fingerprint density at radius 2 is 1.61 bits per heavy atom. The van der Waals surface area contributed by atoms with Crippen LogP contribution in [0.15, 0.2) is 48.5 Å². The second-order valence-corrected chi connectivity index (χ2v) is 5.46. The second kappa shape index (κ2) is 7.99. The van der Waals surface area contributed by atoms with Gasteiger partial charge in [0.15, 0.2) is 6.29 Å². The molecule has 0 amide bonds. The Balaban J connectivity index is 1.44. The van der Waals surface area contributed by atoms with E-state index in [1.54, 1.807) is 0 Å². The molecule has 4 nitrogen and oxygen atoms in total. The SMILES string of the molecule is Cc1ccccc1OCCOc1ccc(C2OCCCO2)cc1. The topological polar surface area (TPSA) is 36.9 Å². The molecule has 4 heteroatoms.